The summed E-state index contributed by atoms with van der Waals surface area (Å²) in [5.41, 5.74) is 5.74. The summed E-state index contributed by atoms with van der Waals surface area (Å²) in [4.78, 5) is 22.8. The van der Waals surface area contributed by atoms with Crippen LogP contribution < -0.4 is 16.2 Å². The Labute approximate surface area is 174 Å². The second-order valence-corrected chi connectivity index (χ2v) is 7.81. The van der Waals surface area contributed by atoms with E-state index in [1.807, 2.05) is 4.90 Å². The third-order valence-corrected chi connectivity index (χ3v) is 5.62. The van der Waals surface area contributed by atoms with E-state index in [1.165, 1.54) is 0 Å². The zero-order chi connectivity index (χ0) is 21.6. The molecule has 3 aromatic rings. The van der Waals surface area contributed by atoms with Crippen molar-refractivity contribution in [2.75, 3.05) is 18.0 Å². The van der Waals surface area contributed by atoms with Crippen LogP contribution in [0.1, 0.15) is 24.2 Å². The lowest BCUT2D eigenvalue weighted by Gasteiger charge is -2.32. The lowest BCUT2D eigenvalue weighted by Crippen LogP contribution is -2.44. The summed E-state index contributed by atoms with van der Waals surface area (Å²) in [7, 11) is 1.06. The molecule has 3 heterocycles. The minimum atomic E-state index is -4.78. The molecule has 1 aromatic carbocycles. The summed E-state index contributed by atoms with van der Waals surface area (Å²) in [5, 5.41) is 0.484. The molecule has 7 nitrogen and oxygen atoms in total. The summed E-state index contributed by atoms with van der Waals surface area (Å²) >= 11 is 6.29. The van der Waals surface area contributed by atoms with Gasteiger partial charge in [0.25, 0.3) is 5.56 Å². The van der Waals surface area contributed by atoms with Crippen LogP contribution in [0.4, 0.5) is 19.1 Å². The maximum atomic E-state index is 13.4. The number of halogens is 4. The van der Waals surface area contributed by atoms with Crippen LogP contribution in [0, 0.1) is 0 Å². The van der Waals surface area contributed by atoms with Crippen molar-refractivity contribution < 1.29 is 13.2 Å². The Balaban J connectivity index is 1.95. The van der Waals surface area contributed by atoms with Crippen molar-refractivity contribution in [2.45, 2.75) is 31.6 Å². The molecule has 1 atom stereocenters. The van der Waals surface area contributed by atoms with Crippen molar-refractivity contribution in [3.8, 4) is 0 Å². The predicted octanol–water partition coefficient (Wildman–Crippen LogP) is 2.78. The van der Waals surface area contributed by atoms with Crippen LogP contribution in [0.25, 0.3) is 11.2 Å². The van der Waals surface area contributed by atoms with Crippen molar-refractivity contribution in [3.05, 3.63) is 51.0 Å². The van der Waals surface area contributed by atoms with Crippen LogP contribution >= 0.6 is 11.6 Å². The van der Waals surface area contributed by atoms with Gasteiger partial charge in [-0.2, -0.15) is 18.2 Å². The molecule has 30 heavy (non-hydrogen) atoms. The summed E-state index contributed by atoms with van der Waals surface area (Å²) in [6, 6.07) is 6.99. The number of aromatic nitrogens is 4. The maximum absolute atomic E-state index is 13.4. The molecular formula is C19H20ClF3N6O. The van der Waals surface area contributed by atoms with Gasteiger partial charge in [-0.15, -0.1) is 0 Å². The van der Waals surface area contributed by atoms with E-state index in [-0.39, 0.29) is 23.8 Å². The normalized spacial score (nSPS) is 17.7. The molecule has 0 unspecified atom stereocenters. The molecule has 1 saturated heterocycles. The monoisotopic (exact) mass is 440 g/mol. The maximum Gasteiger partial charge on any atom is 0.449 e. The summed E-state index contributed by atoms with van der Waals surface area (Å²) in [5.74, 6) is -0.923. The van der Waals surface area contributed by atoms with Crippen molar-refractivity contribution in [1.82, 2.24) is 19.1 Å². The Hall–Kier alpha value is -2.59. The Bertz CT molecular complexity index is 1160. The van der Waals surface area contributed by atoms with Gasteiger partial charge in [-0.3, -0.25) is 13.9 Å². The highest BCUT2D eigenvalue weighted by Gasteiger charge is 2.37. The molecule has 2 aromatic heterocycles. The minimum absolute atomic E-state index is 0.000403. The van der Waals surface area contributed by atoms with Gasteiger partial charge in [0.05, 0.1) is 6.54 Å². The molecule has 4 rings (SSSR count). The fraction of sp³-hybridized carbons (Fsp3) is 0.421. The van der Waals surface area contributed by atoms with Crippen molar-refractivity contribution in [1.29, 1.82) is 0 Å². The SMILES string of the molecule is Cn1c(C(F)(F)F)nc2nc(N3CCC[C@@H](N)C3)n(Cc3ccccc3Cl)c2c1=O. The van der Waals surface area contributed by atoms with Crippen molar-refractivity contribution >= 4 is 28.7 Å². The Kier molecular flexibility index (Phi) is 5.23. The van der Waals surface area contributed by atoms with Gasteiger partial charge in [-0.1, -0.05) is 29.8 Å². The molecule has 0 amide bonds. The number of hydrogen-bond acceptors (Lipinski definition) is 5. The quantitative estimate of drug-likeness (QED) is 0.677. The van der Waals surface area contributed by atoms with Crippen molar-refractivity contribution in [3.63, 3.8) is 0 Å². The highest BCUT2D eigenvalue weighted by atomic mass is 35.5. The van der Waals surface area contributed by atoms with Gasteiger partial charge in [0, 0.05) is 31.2 Å². The molecule has 2 N–H and O–H groups in total. The molecular weight excluding hydrogens is 421 g/mol. The molecule has 1 fully saturated rings. The van der Waals surface area contributed by atoms with E-state index in [2.05, 4.69) is 9.97 Å². The standard InChI is InChI=1S/C19H20ClF3N6O/c1-27-16(30)14-15(25-17(27)19(21,22)23)26-18(28-8-4-6-12(24)10-28)29(14)9-11-5-2-3-7-13(11)20/h2-3,5,7,12H,4,6,8-10,24H2,1H3/t12-/m1/s1. The molecule has 0 saturated carbocycles. The van der Waals surface area contributed by atoms with Crippen LogP contribution in [-0.4, -0.2) is 38.2 Å². The second-order valence-electron chi connectivity index (χ2n) is 7.41. The van der Waals surface area contributed by atoms with E-state index in [1.54, 1.807) is 28.8 Å². The zero-order valence-electron chi connectivity index (χ0n) is 16.2. The second kappa shape index (κ2) is 7.59. The van der Waals surface area contributed by atoms with Crippen LogP contribution in [0.3, 0.4) is 0 Å². The van der Waals surface area contributed by atoms with Gasteiger partial charge >= 0.3 is 6.18 Å². The van der Waals surface area contributed by atoms with Gasteiger partial charge in [-0.25, -0.2) is 4.98 Å². The largest absolute Gasteiger partial charge is 0.449 e. The third kappa shape index (κ3) is 3.65. The molecule has 1 aliphatic heterocycles. The number of hydrogen-bond donors (Lipinski definition) is 1. The van der Waals surface area contributed by atoms with E-state index < -0.39 is 17.6 Å². The lowest BCUT2D eigenvalue weighted by molar-refractivity contribution is -0.147. The highest BCUT2D eigenvalue weighted by Crippen LogP contribution is 2.30. The van der Waals surface area contributed by atoms with Gasteiger partial charge in [0.2, 0.25) is 11.8 Å². The van der Waals surface area contributed by atoms with Crippen LogP contribution in [-0.2, 0) is 19.8 Å². The van der Waals surface area contributed by atoms with Gasteiger partial charge in [0.15, 0.2) is 11.2 Å². The number of imidazole rings is 1. The lowest BCUT2D eigenvalue weighted by atomic mass is 10.1. The number of rotatable bonds is 3. The zero-order valence-corrected chi connectivity index (χ0v) is 16.9. The van der Waals surface area contributed by atoms with Crippen LogP contribution in [0.2, 0.25) is 5.02 Å². The molecule has 0 aliphatic carbocycles. The fourth-order valence-corrected chi connectivity index (χ4v) is 3.98. The average molecular weight is 441 g/mol. The van der Waals surface area contributed by atoms with E-state index in [0.717, 1.165) is 19.9 Å². The third-order valence-electron chi connectivity index (χ3n) is 5.25. The van der Waals surface area contributed by atoms with Crippen LogP contribution in [0.15, 0.2) is 29.1 Å². The van der Waals surface area contributed by atoms with Crippen molar-refractivity contribution in [2.24, 2.45) is 12.8 Å². The van der Waals surface area contributed by atoms with Gasteiger partial charge < -0.3 is 10.6 Å². The van der Waals surface area contributed by atoms with E-state index in [9.17, 15) is 18.0 Å². The molecule has 0 spiro atoms. The first-order chi connectivity index (χ1) is 14.2. The smallest absolute Gasteiger partial charge is 0.341 e. The van der Waals surface area contributed by atoms with Crippen LogP contribution in [0.5, 0.6) is 0 Å². The molecule has 11 heteroatoms. The number of nitrogens with two attached hydrogens (primary N) is 1. The minimum Gasteiger partial charge on any atom is -0.341 e. The number of piperidine rings is 1. The van der Waals surface area contributed by atoms with E-state index in [4.69, 9.17) is 17.3 Å². The Morgan fingerprint density at radius 1 is 1.27 bits per heavy atom. The Morgan fingerprint density at radius 2 is 2.00 bits per heavy atom. The van der Waals surface area contributed by atoms with Gasteiger partial charge in [0.1, 0.15) is 0 Å². The Morgan fingerprint density at radius 3 is 2.67 bits per heavy atom. The predicted molar refractivity (Wildman–Crippen MR) is 108 cm³/mol. The van der Waals surface area contributed by atoms with E-state index in [0.29, 0.717) is 34.2 Å². The van der Waals surface area contributed by atoms with E-state index >= 15 is 0 Å². The molecule has 0 radical (unpaired) electrons. The number of alkyl halides is 3. The first-order valence-electron chi connectivity index (χ1n) is 9.45. The average Bonchev–Trinajstić information content (AvgIpc) is 3.04. The van der Waals surface area contributed by atoms with Gasteiger partial charge in [-0.05, 0) is 24.5 Å². The highest BCUT2D eigenvalue weighted by molar-refractivity contribution is 6.31. The topological polar surface area (TPSA) is 82.0 Å². The number of anilines is 1. The molecule has 160 valence electrons. The number of nitrogens with zero attached hydrogens (tertiary/aromatic N) is 5. The molecule has 1 aliphatic rings. The summed E-state index contributed by atoms with van der Waals surface area (Å²) in [6.07, 6.45) is -3.11. The molecule has 0 bridgehead atoms. The number of benzene rings is 1. The summed E-state index contributed by atoms with van der Waals surface area (Å²) < 4.78 is 42.2. The first kappa shape index (κ1) is 20.7. The first-order valence-corrected chi connectivity index (χ1v) is 9.83. The number of fused-ring (bicyclic) bond motifs is 1. The fourth-order valence-electron chi connectivity index (χ4n) is 3.78. The summed E-state index contributed by atoms with van der Waals surface area (Å²) in [6.45, 7) is 1.28.